The molecule has 154 valence electrons. The van der Waals surface area contributed by atoms with Gasteiger partial charge in [0.2, 0.25) is 0 Å². The van der Waals surface area contributed by atoms with Crippen LogP contribution >= 0.6 is 0 Å². The highest BCUT2D eigenvalue weighted by molar-refractivity contribution is 6.07. The number of imidazole rings is 1. The average molecular weight is 398 g/mol. The predicted octanol–water partition coefficient (Wildman–Crippen LogP) is 2.00. The first kappa shape index (κ1) is 19.3. The third-order valence-electron chi connectivity index (χ3n) is 5.26. The smallest absolute Gasteiger partial charge is 0.317 e. The number of nitrogens with two attached hydrogens (primary N) is 1. The van der Waals surface area contributed by atoms with Crippen molar-refractivity contribution in [3.8, 4) is 5.75 Å². The lowest BCUT2D eigenvalue weighted by Gasteiger charge is -2.26. The van der Waals surface area contributed by atoms with Crippen LogP contribution < -0.4 is 11.1 Å². The van der Waals surface area contributed by atoms with Crippen molar-refractivity contribution in [3.63, 3.8) is 0 Å². The Labute approximate surface area is 168 Å². The quantitative estimate of drug-likeness (QED) is 0.566. The fourth-order valence-corrected chi connectivity index (χ4v) is 3.75. The van der Waals surface area contributed by atoms with Gasteiger partial charge in [0, 0.05) is 31.6 Å². The van der Waals surface area contributed by atoms with E-state index in [0.717, 1.165) is 41.6 Å². The van der Waals surface area contributed by atoms with Gasteiger partial charge in [-0.3, -0.25) is 0 Å². The molecule has 1 aliphatic heterocycles. The van der Waals surface area contributed by atoms with E-state index in [2.05, 4.69) is 19.9 Å². The van der Waals surface area contributed by atoms with Crippen LogP contribution in [0, 0.1) is 6.92 Å². The number of aromatic nitrogens is 3. The van der Waals surface area contributed by atoms with Crippen LogP contribution in [-0.4, -0.2) is 63.4 Å². The molecule has 0 unspecified atom stereocenters. The monoisotopic (exact) mass is 398 g/mol. The Morgan fingerprint density at radius 3 is 2.86 bits per heavy atom. The number of nitrogen functional groups attached to an aromatic ring is 1. The molecule has 0 spiro atoms. The number of hydrogen-bond donors (Lipinski definition) is 3. The number of aryl methyl sites for hydroxylation is 2. The third kappa shape index (κ3) is 3.91. The molecule has 3 heterocycles. The van der Waals surface area contributed by atoms with Crippen molar-refractivity contribution >= 4 is 33.8 Å². The number of fused-ring (bicyclic) bond motifs is 3. The van der Waals surface area contributed by atoms with E-state index in [1.807, 2.05) is 6.92 Å². The van der Waals surface area contributed by atoms with Gasteiger partial charge in [0.25, 0.3) is 0 Å². The van der Waals surface area contributed by atoms with Crippen LogP contribution in [0.15, 0.2) is 18.2 Å². The van der Waals surface area contributed by atoms with Gasteiger partial charge in [-0.1, -0.05) is 0 Å². The standard InChI is InChI=1S/C20H26N6O3/c1-13-23-17-18(15-12-14(27)4-5-16(15)24-19(17)21)26(13)7-3-2-6-22-20(28)25-8-10-29-11-9-25/h4-5,12,27H,2-3,6-11H2,1H3,(H2,21,24)(H,22,28). The van der Waals surface area contributed by atoms with Gasteiger partial charge in [-0.25, -0.2) is 14.8 Å². The number of phenols is 1. The summed E-state index contributed by atoms with van der Waals surface area (Å²) >= 11 is 0. The molecule has 1 aliphatic rings. The summed E-state index contributed by atoms with van der Waals surface area (Å²) in [5.41, 5.74) is 8.38. The molecule has 0 saturated carbocycles. The number of anilines is 1. The van der Waals surface area contributed by atoms with Gasteiger partial charge >= 0.3 is 6.03 Å². The van der Waals surface area contributed by atoms with Crippen LogP contribution in [-0.2, 0) is 11.3 Å². The number of morpholine rings is 1. The minimum absolute atomic E-state index is 0.0297. The molecule has 0 radical (unpaired) electrons. The minimum atomic E-state index is -0.0297. The summed E-state index contributed by atoms with van der Waals surface area (Å²) in [7, 11) is 0. The molecule has 0 atom stereocenters. The summed E-state index contributed by atoms with van der Waals surface area (Å²) in [6.45, 7) is 5.78. The van der Waals surface area contributed by atoms with Gasteiger partial charge in [0.05, 0.1) is 24.2 Å². The highest BCUT2D eigenvalue weighted by Gasteiger charge is 2.17. The number of amides is 2. The van der Waals surface area contributed by atoms with Gasteiger partial charge in [-0.2, -0.15) is 0 Å². The van der Waals surface area contributed by atoms with Crippen molar-refractivity contribution in [2.75, 3.05) is 38.6 Å². The largest absolute Gasteiger partial charge is 0.508 e. The first-order valence-corrected chi connectivity index (χ1v) is 9.90. The number of nitrogens with zero attached hydrogens (tertiary/aromatic N) is 4. The number of pyridine rings is 1. The van der Waals surface area contributed by atoms with E-state index in [-0.39, 0.29) is 11.8 Å². The SMILES string of the molecule is Cc1nc2c(N)nc3ccc(O)cc3c2n1CCCCNC(=O)N1CCOCC1. The van der Waals surface area contributed by atoms with Crippen molar-refractivity contribution in [2.24, 2.45) is 0 Å². The van der Waals surface area contributed by atoms with Crippen LogP contribution in [0.1, 0.15) is 18.7 Å². The zero-order valence-electron chi connectivity index (χ0n) is 16.5. The van der Waals surface area contributed by atoms with E-state index in [1.165, 1.54) is 0 Å². The van der Waals surface area contributed by atoms with E-state index in [9.17, 15) is 9.90 Å². The number of rotatable bonds is 5. The Balaban J connectivity index is 1.44. The fourth-order valence-electron chi connectivity index (χ4n) is 3.75. The van der Waals surface area contributed by atoms with Gasteiger partial charge in [0.1, 0.15) is 17.1 Å². The van der Waals surface area contributed by atoms with E-state index in [4.69, 9.17) is 10.5 Å². The molecule has 29 heavy (non-hydrogen) atoms. The van der Waals surface area contributed by atoms with Crippen LogP contribution in [0.4, 0.5) is 10.6 Å². The number of aromatic hydroxyl groups is 1. The van der Waals surface area contributed by atoms with E-state index < -0.39 is 0 Å². The maximum absolute atomic E-state index is 12.1. The lowest BCUT2D eigenvalue weighted by Crippen LogP contribution is -2.46. The van der Waals surface area contributed by atoms with Crippen LogP contribution in [0.2, 0.25) is 0 Å². The lowest BCUT2D eigenvalue weighted by molar-refractivity contribution is 0.0532. The Hall–Kier alpha value is -3.07. The number of ether oxygens (including phenoxy) is 1. The second-order valence-electron chi connectivity index (χ2n) is 7.24. The summed E-state index contributed by atoms with van der Waals surface area (Å²) in [4.78, 5) is 22.9. The van der Waals surface area contributed by atoms with Gasteiger partial charge < -0.3 is 30.4 Å². The molecule has 2 amide bonds. The second kappa shape index (κ2) is 8.12. The van der Waals surface area contributed by atoms with Crippen LogP contribution in [0.25, 0.3) is 21.9 Å². The number of unbranched alkanes of at least 4 members (excludes halogenated alkanes) is 1. The number of urea groups is 1. The Bertz CT molecular complexity index is 1040. The molecule has 1 fully saturated rings. The first-order valence-electron chi connectivity index (χ1n) is 9.90. The maximum Gasteiger partial charge on any atom is 0.317 e. The number of carbonyl (C=O) groups excluding carboxylic acids is 1. The number of carbonyl (C=O) groups is 1. The topological polar surface area (TPSA) is 119 Å². The molecule has 2 aromatic heterocycles. The molecule has 1 saturated heterocycles. The summed E-state index contributed by atoms with van der Waals surface area (Å²) in [5.74, 6) is 1.42. The summed E-state index contributed by atoms with van der Waals surface area (Å²) in [5, 5.41) is 13.7. The van der Waals surface area contributed by atoms with Crippen molar-refractivity contribution in [1.29, 1.82) is 0 Å². The third-order valence-corrected chi connectivity index (χ3v) is 5.26. The minimum Gasteiger partial charge on any atom is -0.508 e. The molecule has 4 N–H and O–H groups in total. The second-order valence-corrected chi connectivity index (χ2v) is 7.24. The average Bonchev–Trinajstić information content (AvgIpc) is 3.06. The molecule has 0 bridgehead atoms. The maximum atomic E-state index is 12.1. The Kier molecular flexibility index (Phi) is 5.39. The zero-order valence-corrected chi connectivity index (χ0v) is 16.5. The van der Waals surface area contributed by atoms with Crippen molar-refractivity contribution in [2.45, 2.75) is 26.3 Å². The van der Waals surface area contributed by atoms with Crippen molar-refractivity contribution in [3.05, 3.63) is 24.0 Å². The molecule has 4 rings (SSSR count). The number of benzene rings is 1. The Morgan fingerprint density at radius 1 is 1.28 bits per heavy atom. The van der Waals surface area contributed by atoms with E-state index in [0.29, 0.717) is 44.2 Å². The Morgan fingerprint density at radius 2 is 2.07 bits per heavy atom. The summed E-state index contributed by atoms with van der Waals surface area (Å²) in [6, 6.07) is 5.03. The van der Waals surface area contributed by atoms with Gasteiger partial charge in [0.15, 0.2) is 5.82 Å². The molecule has 0 aliphatic carbocycles. The fraction of sp³-hybridized carbons (Fsp3) is 0.450. The van der Waals surface area contributed by atoms with Gasteiger partial charge in [-0.15, -0.1) is 0 Å². The number of nitrogens with one attached hydrogen (secondary N) is 1. The summed E-state index contributed by atoms with van der Waals surface area (Å²) < 4.78 is 7.38. The molecule has 9 heteroatoms. The van der Waals surface area contributed by atoms with Crippen molar-refractivity contribution < 1.29 is 14.6 Å². The first-order chi connectivity index (χ1) is 14.0. The van der Waals surface area contributed by atoms with Crippen LogP contribution in [0.3, 0.4) is 0 Å². The molecular weight excluding hydrogens is 372 g/mol. The zero-order chi connectivity index (χ0) is 20.4. The molecule has 3 aromatic rings. The molecular formula is C20H26N6O3. The number of phenolic OH excluding ortho intramolecular Hbond substituents is 1. The molecule has 1 aromatic carbocycles. The van der Waals surface area contributed by atoms with Crippen LogP contribution in [0.5, 0.6) is 5.75 Å². The summed E-state index contributed by atoms with van der Waals surface area (Å²) in [6.07, 6.45) is 1.72. The lowest BCUT2D eigenvalue weighted by atomic mass is 10.1. The highest BCUT2D eigenvalue weighted by atomic mass is 16.5. The highest BCUT2D eigenvalue weighted by Crippen LogP contribution is 2.30. The molecule has 9 nitrogen and oxygen atoms in total. The van der Waals surface area contributed by atoms with E-state index >= 15 is 0 Å². The van der Waals surface area contributed by atoms with Crippen molar-refractivity contribution in [1.82, 2.24) is 24.8 Å². The number of hydrogen-bond acceptors (Lipinski definition) is 6. The van der Waals surface area contributed by atoms with E-state index in [1.54, 1.807) is 23.1 Å². The predicted molar refractivity (Wildman–Crippen MR) is 111 cm³/mol. The normalized spacial score (nSPS) is 14.6. The van der Waals surface area contributed by atoms with Gasteiger partial charge in [-0.05, 0) is 38.0 Å².